The van der Waals surface area contributed by atoms with Crippen molar-refractivity contribution in [1.29, 1.82) is 0 Å². The molecule has 0 N–H and O–H groups in total. The fourth-order valence-electron chi connectivity index (χ4n) is 4.34. The quantitative estimate of drug-likeness (QED) is 0.277. The van der Waals surface area contributed by atoms with Crippen LogP contribution in [0, 0.1) is 0 Å². The Labute approximate surface area is 214 Å². The maximum absolute atomic E-state index is 13.8. The minimum atomic E-state index is -0.279. The molecule has 0 spiro atoms. The number of amides is 1. The van der Waals surface area contributed by atoms with Crippen molar-refractivity contribution in [1.82, 2.24) is 0 Å². The van der Waals surface area contributed by atoms with Gasteiger partial charge in [0.2, 0.25) is 0 Å². The van der Waals surface area contributed by atoms with Gasteiger partial charge >= 0.3 is 5.97 Å². The molecule has 0 saturated carbocycles. The van der Waals surface area contributed by atoms with Gasteiger partial charge in [0, 0.05) is 20.8 Å². The maximum atomic E-state index is 13.8. The molecule has 0 aliphatic carbocycles. The van der Waals surface area contributed by atoms with E-state index in [2.05, 4.69) is 22.9 Å². The summed E-state index contributed by atoms with van der Waals surface area (Å²) >= 11 is 3.61. The molecule has 7 heteroatoms. The number of halogens is 1. The highest BCUT2D eigenvalue weighted by Gasteiger charge is 2.37. The van der Waals surface area contributed by atoms with Crippen LogP contribution < -0.4 is 14.4 Å². The standard InChI is InChI=1S/C28H30BrNO5/c1-4-13-34-26-19-9-7-8-10-20(19)27(35-14-5-2)25-21(26)17-30(28(25)32)23-12-11-18(15-22(23)29)16-24(31)33-6-3/h7-12,15H,4-6,13-14,16-17H2,1-3H3. The summed E-state index contributed by atoms with van der Waals surface area (Å²) in [5, 5.41) is 1.83. The first-order chi connectivity index (χ1) is 17.0. The topological polar surface area (TPSA) is 65.1 Å². The molecule has 0 bridgehead atoms. The van der Waals surface area contributed by atoms with E-state index in [1.54, 1.807) is 11.8 Å². The number of carbonyl (C=O) groups is 2. The molecule has 3 aromatic rings. The number of esters is 1. The maximum Gasteiger partial charge on any atom is 0.310 e. The Kier molecular flexibility index (Phi) is 7.96. The second-order valence-corrected chi connectivity index (χ2v) is 9.27. The van der Waals surface area contributed by atoms with Crippen LogP contribution in [0.5, 0.6) is 11.5 Å². The van der Waals surface area contributed by atoms with Crippen LogP contribution in [0.3, 0.4) is 0 Å². The van der Waals surface area contributed by atoms with Crippen LogP contribution >= 0.6 is 15.9 Å². The highest BCUT2D eigenvalue weighted by atomic mass is 79.9. The van der Waals surface area contributed by atoms with E-state index < -0.39 is 0 Å². The van der Waals surface area contributed by atoms with Crippen molar-refractivity contribution in [3.63, 3.8) is 0 Å². The molecule has 1 aliphatic rings. The van der Waals surface area contributed by atoms with Crippen LogP contribution in [-0.4, -0.2) is 31.7 Å². The van der Waals surface area contributed by atoms with E-state index >= 15 is 0 Å². The number of benzene rings is 3. The molecule has 35 heavy (non-hydrogen) atoms. The summed E-state index contributed by atoms with van der Waals surface area (Å²) in [6.07, 6.45) is 1.88. The smallest absolute Gasteiger partial charge is 0.310 e. The Hall–Kier alpha value is -3.06. The number of rotatable bonds is 10. The lowest BCUT2D eigenvalue weighted by molar-refractivity contribution is -0.142. The third-order valence-electron chi connectivity index (χ3n) is 5.85. The third-order valence-corrected chi connectivity index (χ3v) is 6.49. The van der Waals surface area contributed by atoms with Crippen molar-refractivity contribution in [2.75, 3.05) is 24.7 Å². The molecule has 4 rings (SSSR count). The lowest BCUT2D eigenvalue weighted by atomic mass is 9.99. The highest BCUT2D eigenvalue weighted by molar-refractivity contribution is 9.10. The van der Waals surface area contributed by atoms with E-state index in [1.165, 1.54) is 0 Å². The third kappa shape index (κ3) is 5.01. The van der Waals surface area contributed by atoms with E-state index in [4.69, 9.17) is 14.2 Å². The largest absolute Gasteiger partial charge is 0.493 e. The van der Waals surface area contributed by atoms with Gasteiger partial charge in [0.1, 0.15) is 11.5 Å². The zero-order chi connectivity index (χ0) is 24.9. The fourth-order valence-corrected chi connectivity index (χ4v) is 4.98. The molecule has 1 amide bonds. The number of fused-ring (bicyclic) bond motifs is 2. The lowest BCUT2D eigenvalue weighted by Gasteiger charge is -2.18. The molecule has 184 valence electrons. The van der Waals surface area contributed by atoms with Crippen LogP contribution in [0.4, 0.5) is 5.69 Å². The fraction of sp³-hybridized carbons (Fsp3) is 0.357. The number of anilines is 1. The minimum Gasteiger partial charge on any atom is -0.493 e. The molecule has 0 radical (unpaired) electrons. The summed E-state index contributed by atoms with van der Waals surface area (Å²) in [4.78, 5) is 27.5. The van der Waals surface area contributed by atoms with Crippen LogP contribution in [0.15, 0.2) is 46.9 Å². The van der Waals surface area contributed by atoms with Gasteiger partial charge in [-0.2, -0.15) is 0 Å². The highest BCUT2D eigenvalue weighted by Crippen LogP contribution is 2.47. The van der Waals surface area contributed by atoms with Gasteiger partial charge < -0.3 is 19.1 Å². The van der Waals surface area contributed by atoms with Gasteiger partial charge in [-0.05, 0) is 53.4 Å². The monoisotopic (exact) mass is 539 g/mol. The number of ether oxygens (including phenoxy) is 3. The molecule has 1 aliphatic heterocycles. The zero-order valence-corrected chi connectivity index (χ0v) is 21.9. The number of carbonyl (C=O) groups excluding carboxylic acids is 2. The minimum absolute atomic E-state index is 0.128. The average Bonchev–Trinajstić information content (AvgIpc) is 3.18. The predicted molar refractivity (Wildman–Crippen MR) is 141 cm³/mol. The van der Waals surface area contributed by atoms with E-state index in [0.29, 0.717) is 37.7 Å². The Morgan fingerprint density at radius 3 is 2.26 bits per heavy atom. The van der Waals surface area contributed by atoms with Crippen molar-refractivity contribution >= 4 is 44.3 Å². The first-order valence-corrected chi connectivity index (χ1v) is 12.9. The first-order valence-electron chi connectivity index (χ1n) is 12.1. The van der Waals surface area contributed by atoms with Crippen molar-refractivity contribution in [2.45, 2.75) is 46.6 Å². The second-order valence-electron chi connectivity index (χ2n) is 8.41. The molecular formula is C28H30BrNO5. The SMILES string of the molecule is CCCOc1c2c(c(OCCC)c3ccccc13)C(=O)N(c1ccc(CC(=O)OCC)cc1Br)C2. The van der Waals surface area contributed by atoms with E-state index in [1.807, 2.05) is 49.4 Å². The van der Waals surface area contributed by atoms with Crippen molar-refractivity contribution in [2.24, 2.45) is 0 Å². The first kappa shape index (κ1) is 25.0. The van der Waals surface area contributed by atoms with Gasteiger partial charge in [-0.1, -0.05) is 44.2 Å². The van der Waals surface area contributed by atoms with Gasteiger partial charge in [0.25, 0.3) is 5.91 Å². The Morgan fingerprint density at radius 1 is 0.971 bits per heavy atom. The zero-order valence-electron chi connectivity index (χ0n) is 20.4. The Morgan fingerprint density at radius 2 is 1.63 bits per heavy atom. The van der Waals surface area contributed by atoms with Crippen molar-refractivity contribution in [3.05, 3.63) is 63.6 Å². The summed E-state index contributed by atoms with van der Waals surface area (Å²) in [5.74, 6) is 0.951. The van der Waals surface area contributed by atoms with Gasteiger partial charge in [0.05, 0.1) is 44.0 Å². The van der Waals surface area contributed by atoms with Crippen LogP contribution in [0.25, 0.3) is 10.8 Å². The number of hydrogen-bond donors (Lipinski definition) is 0. The summed E-state index contributed by atoms with van der Waals surface area (Å²) in [6, 6.07) is 13.5. The van der Waals surface area contributed by atoms with Crippen molar-refractivity contribution < 1.29 is 23.8 Å². The Bertz CT molecular complexity index is 1260. The molecule has 0 aromatic heterocycles. The number of nitrogens with zero attached hydrogens (tertiary/aromatic N) is 1. The Balaban J connectivity index is 1.78. The van der Waals surface area contributed by atoms with Gasteiger partial charge in [-0.25, -0.2) is 0 Å². The van der Waals surface area contributed by atoms with E-state index in [0.717, 1.165) is 50.7 Å². The van der Waals surface area contributed by atoms with Gasteiger partial charge in [-0.15, -0.1) is 0 Å². The average molecular weight is 540 g/mol. The normalized spacial score (nSPS) is 12.7. The second kappa shape index (κ2) is 11.1. The van der Waals surface area contributed by atoms with Crippen LogP contribution in [0.1, 0.15) is 55.1 Å². The summed E-state index contributed by atoms with van der Waals surface area (Å²) in [7, 11) is 0. The molecule has 3 aromatic carbocycles. The molecule has 6 nitrogen and oxygen atoms in total. The van der Waals surface area contributed by atoms with Gasteiger partial charge in [0.15, 0.2) is 0 Å². The van der Waals surface area contributed by atoms with Crippen LogP contribution in [-0.2, 0) is 22.5 Å². The summed E-state index contributed by atoms with van der Waals surface area (Å²) < 4.78 is 18.2. The summed E-state index contributed by atoms with van der Waals surface area (Å²) in [6.45, 7) is 7.69. The molecular weight excluding hydrogens is 510 g/mol. The predicted octanol–water partition coefficient (Wildman–Crippen LogP) is 6.45. The molecule has 0 atom stereocenters. The molecule has 1 heterocycles. The van der Waals surface area contributed by atoms with E-state index in [-0.39, 0.29) is 18.3 Å². The lowest BCUT2D eigenvalue weighted by Crippen LogP contribution is -2.24. The molecule has 0 fully saturated rings. The van der Waals surface area contributed by atoms with E-state index in [9.17, 15) is 9.59 Å². The number of hydrogen-bond acceptors (Lipinski definition) is 5. The molecule has 0 saturated heterocycles. The van der Waals surface area contributed by atoms with Crippen LogP contribution in [0.2, 0.25) is 0 Å². The van der Waals surface area contributed by atoms with Crippen molar-refractivity contribution in [3.8, 4) is 11.5 Å². The molecule has 0 unspecified atom stereocenters. The summed E-state index contributed by atoms with van der Waals surface area (Å²) in [5.41, 5.74) is 2.94. The van der Waals surface area contributed by atoms with Gasteiger partial charge in [-0.3, -0.25) is 9.59 Å².